The van der Waals surface area contributed by atoms with Crippen LogP contribution in [0.5, 0.6) is 0 Å². The largest absolute Gasteiger partial charge is 0.416 e. The lowest BCUT2D eigenvalue weighted by Gasteiger charge is -2.40. The van der Waals surface area contributed by atoms with Gasteiger partial charge in [0.05, 0.1) is 30.4 Å². The lowest BCUT2D eigenvalue weighted by atomic mass is 10.0. The number of hydrogen-bond acceptors (Lipinski definition) is 3. The maximum Gasteiger partial charge on any atom is 0.416 e. The van der Waals surface area contributed by atoms with Gasteiger partial charge in [-0.1, -0.05) is 36.4 Å². The zero-order valence-electron chi connectivity index (χ0n) is 16.4. The molecule has 0 saturated carbocycles. The summed E-state index contributed by atoms with van der Waals surface area (Å²) in [5.41, 5.74) is -2.13. The number of ether oxygens (including phenoxy) is 2. The molecule has 0 radical (unpaired) electrons. The van der Waals surface area contributed by atoms with Crippen LogP contribution in [0.4, 0.5) is 26.3 Å². The van der Waals surface area contributed by atoms with Gasteiger partial charge in [-0.05, 0) is 29.3 Å². The molecule has 2 unspecified atom stereocenters. The molecule has 0 aliphatic carbocycles. The molecule has 1 aliphatic heterocycles. The maximum absolute atomic E-state index is 13.1. The zero-order chi connectivity index (χ0) is 22.6. The van der Waals surface area contributed by atoms with E-state index in [0.717, 1.165) is 5.56 Å². The van der Waals surface area contributed by atoms with Crippen LogP contribution in [0.25, 0.3) is 0 Å². The second-order valence-corrected chi connectivity index (χ2v) is 7.10. The summed E-state index contributed by atoms with van der Waals surface area (Å²) in [6.45, 7) is 4.66. The van der Waals surface area contributed by atoms with Crippen LogP contribution in [-0.4, -0.2) is 30.9 Å². The molecule has 0 spiro atoms. The number of morpholine rings is 1. The Morgan fingerprint density at radius 1 is 1.00 bits per heavy atom. The first kappa shape index (κ1) is 23.3. The maximum atomic E-state index is 13.1. The van der Waals surface area contributed by atoms with Crippen molar-refractivity contribution < 1.29 is 35.8 Å². The van der Waals surface area contributed by atoms with E-state index in [1.807, 2.05) is 35.2 Å². The predicted molar refractivity (Wildman–Crippen MR) is 102 cm³/mol. The fourth-order valence-corrected chi connectivity index (χ4v) is 3.50. The first-order chi connectivity index (χ1) is 14.6. The van der Waals surface area contributed by atoms with Gasteiger partial charge in [-0.3, -0.25) is 4.90 Å². The summed E-state index contributed by atoms with van der Waals surface area (Å²) in [5, 5.41) is 0. The highest BCUT2D eigenvalue weighted by Gasteiger charge is 2.38. The van der Waals surface area contributed by atoms with E-state index < -0.39 is 36.4 Å². The number of rotatable bonds is 6. The van der Waals surface area contributed by atoms with Crippen LogP contribution in [0.2, 0.25) is 0 Å². The Morgan fingerprint density at radius 3 is 2.16 bits per heavy atom. The molecule has 0 aromatic heterocycles. The second kappa shape index (κ2) is 9.42. The Balaban J connectivity index is 1.86. The van der Waals surface area contributed by atoms with Gasteiger partial charge in [0.25, 0.3) is 0 Å². The van der Waals surface area contributed by atoms with Crippen molar-refractivity contribution in [1.29, 1.82) is 0 Å². The number of halogens is 6. The average molecular weight is 445 g/mol. The first-order valence-corrected chi connectivity index (χ1v) is 9.51. The average Bonchev–Trinajstić information content (AvgIpc) is 2.72. The van der Waals surface area contributed by atoms with E-state index in [1.165, 1.54) is 0 Å². The lowest BCUT2D eigenvalue weighted by molar-refractivity contribution is -0.214. The third kappa shape index (κ3) is 5.87. The quantitative estimate of drug-likeness (QED) is 0.413. The van der Waals surface area contributed by atoms with Crippen LogP contribution in [0, 0.1) is 0 Å². The fourth-order valence-electron chi connectivity index (χ4n) is 3.50. The molecule has 2 aromatic rings. The van der Waals surface area contributed by atoms with Crippen LogP contribution in [0.3, 0.4) is 0 Å². The summed E-state index contributed by atoms with van der Waals surface area (Å²) in [7, 11) is 0. The predicted octanol–water partition coefficient (Wildman–Crippen LogP) is 5.83. The van der Waals surface area contributed by atoms with Crippen molar-refractivity contribution in [1.82, 2.24) is 4.90 Å². The van der Waals surface area contributed by atoms with Crippen molar-refractivity contribution in [2.45, 2.75) is 31.3 Å². The van der Waals surface area contributed by atoms with E-state index in [0.29, 0.717) is 31.8 Å². The normalized spacial score (nSPS) is 20.6. The monoisotopic (exact) mass is 445 g/mol. The Labute approximate surface area is 175 Å². The number of hydrogen-bond donors (Lipinski definition) is 0. The molecular weight excluding hydrogens is 424 g/mol. The number of nitrogens with zero attached hydrogens (tertiary/aromatic N) is 1. The van der Waals surface area contributed by atoms with Crippen molar-refractivity contribution in [3.63, 3.8) is 0 Å². The second-order valence-electron chi connectivity index (χ2n) is 7.10. The van der Waals surface area contributed by atoms with Crippen LogP contribution < -0.4 is 0 Å². The molecule has 31 heavy (non-hydrogen) atoms. The standard InChI is InChI=1S/C22H21F6NO2/c1-2-8-29-9-10-30-20(19(29)16-6-4-3-5-7-16)31-14-15-11-17(21(23,24)25)13-18(12-15)22(26,27)28/h2-7,11-13,19-20H,1,8-10,14H2. The van der Waals surface area contributed by atoms with Gasteiger partial charge < -0.3 is 9.47 Å². The van der Waals surface area contributed by atoms with E-state index in [1.54, 1.807) is 6.08 Å². The van der Waals surface area contributed by atoms with Crippen molar-refractivity contribution in [2.24, 2.45) is 0 Å². The molecule has 2 atom stereocenters. The minimum absolute atomic E-state index is 0.0964. The molecule has 0 amide bonds. The van der Waals surface area contributed by atoms with Crippen molar-refractivity contribution >= 4 is 0 Å². The molecule has 1 aliphatic rings. The SMILES string of the molecule is C=CCN1CCOC(OCc2cc(C(F)(F)F)cc(C(F)(F)F)c2)C1c1ccccc1. The van der Waals surface area contributed by atoms with Crippen LogP contribution >= 0.6 is 0 Å². The Bertz CT molecular complexity index is 850. The lowest BCUT2D eigenvalue weighted by Crippen LogP contribution is -2.46. The summed E-state index contributed by atoms with van der Waals surface area (Å²) in [6, 6.07) is 10.2. The molecule has 1 fully saturated rings. The number of alkyl halides is 6. The van der Waals surface area contributed by atoms with Crippen molar-refractivity contribution in [2.75, 3.05) is 19.7 Å². The van der Waals surface area contributed by atoms with Crippen molar-refractivity contribution in [3.8, 4) is 0 Å². The molecule has 2 aromatic carbocycles. The molecule has 1 heterocycles. The molecule has 1 saturated heterocycles. The summed E-state index contributed by atoms with van der Waals surface area (Å²) in [4.78, 5) is 2.03. The van der Waals surface area contributed by atoms with Gasteiger partial charge >= 0.3 is 12.4 Å². The summed E-state index contributed by atoms with van der Waals surface area (Å²) in [5.74, 6) is 0. The topological polar surface area (TPSA) is 21.7 Å². The van der Waals surface area contributed by atoms with Crippen LogP contribution in [0.15, 0.2) is 61.2 Å². The Kier molecular flexibility index (Phi) is 7.08. The van der Waals surface area contributed by atoms with E-state index in [-0.39, 0.29) is 17.7 Å². The highest BCUT2D eigenvalue weighted by molar-refractivity contribution is 5.33. The molecule has 3 nitrogen and oxygen atoms in total. The molecule has 168 valence electrons. The minimum Gasteiger partial charge on any atom is -0.349 e. The summed E-state index contributed by atoms with van der Waals surface area (Å²) >= 11 is 0. The fraction of sp³-hybridized carbons (Fsp3) is 0.364. The minimum atomic E-state index is -4.91. The van der Waals surface area contributed by atoms with E-state index in [4.69, 9.17) is 9.47 Å². The van der Waals surface area contributed by atoms with E-state index in [2.05, 4.69) is 6.58 Å². The molecule has 3 rings (SSSR count). The zero-order valence-corrected chi connectivity index (χ0v) is 16.4. The third-order valence-electron chi connectivity index (χ3n) is 4.88. The third-order valence-corrected chi connectivity index (χ3v) is 4.88. The van der Waals surface area contributed by atoms with Gasteiger partial charge in [0.15, 0.2) is 6.29 Å². The van der Waals surface area contributed by atoms with Gasteiger partial charge in [0.2, 0.25) is 0 Å². The van der Waals surface area contributed by atoms with Gasteiger partial charge in [0.1, 0.15) is 0 Å². The van der Waals surface area contributed by atoms with Gasteiger partial charge in [-0.25, -0.2) is 0 Å². The Morgan fingerprint density at radius 2 is 1.61 bits per heavy atom. The first-order valence-electron chi connectivity index (χ1n) is 9.51. The van der Waals surface area contributed by atoms with Crippen LogP contribution in [0.1, 0.15) is 28.3 Å². The summed E-state index contributed by atoms with van der Waals surface area (Å²) < 4.78 is 90.0. The summed E-state index contributed by atoms with van der Waals surface area (Å²) in [6.07, 6.45) is -8.99. The van der Waals surface area contributed by atoms with Gasteiger partial charge in [-0.15, -0.1) is 6.58 Å². The van der Waals surface area contributed by atoms with Crippen LogP contribution in [-0.2, 0) is 28.4 Å². The smallest absolute Gasteiger partial charge is 0.349 e. The van der Waals surface area contributed by atoms with Gasteiger partial charge in [-0.2, -0.15) is 26.3 Å². The van der Waals surface area contributed by atoms with Crippen molar-refractivity contribution in [3.05, 3.63) is 83.4 Å². The molecule has 0 N–H and O–H groups in total. The van der Waals surface area contributed by atoms with Gasteiger partial charge in [0, 0.05) is 13.1 Å². The van der Waals surface area contributed by atoms with E-state index in [9.17, 15) is 26.3 Å². The molecule has 0 bridgehead atoms. The molecule has 9 heteroatoms. The molecular formula is C22H21F6NO2. The van der Waals surface area contributed by atoms with E-state index >= 15 is 0 Å². The highest BCUT2D eigenvalue weighted by Crippen LogP contribution is 2.37. The highest BCUT2D eigenvalue weighted by atomic mass is 19.4. The number of benzene rings is 2. The Hall–Kier alpha value is -2.36.